The first-order valence-corrected chi connectivity index (χ1v) is 9.81. The third-order valence-electron chi connectivity index (χ3n) is 3.23. The second-order valence-corrected chi connectivity index (χ2v) is 7.94. The maximum Gasteiger partial charge on any atom is 0.306 e. The Morgan fingerprint density at radius 3 is 2.96 bits per heavy atom. The van der Waals surface area contributed by atoms with Gasteiger partial charge in [-0.25, -0.2) is 9.97 Å². The number of anilines is 1. The second-order valence-electron chi connectivity index (χ2n) is 5.16. The van der Waals surface area contributed by atoms with Crippen LogP contribution in [-0.2, 0) is 5.75 Å². The number of aliphatic hydroxyl groups is 1. The van der Waals surface area contributed by atoms with Crippen molar-refractivity contribution in [3.63, 3.8) is 0 Å². The van der Waals surface area contributed by atoms with Crippen molar-refractivity contribution in [2.45, 2.75) is 23.9 Å². The molecule has 0 amide bonds. The molecular formula is C15H15BrN4O2S2. The zero-order valence-electron chi connectivity index (χ0n) is 12.7. The van der Waals surface area contributed by atoms with Gasteiger partial charge in [0.2, 0.25) is 0 Å². The van der Waals surface area contributed by atoms with Gasteiger partial charge in [0.25, 0.3) is 0 Å². The molecule has 0 aliphatic heterocycles. The van der Waals surface area contributed by atoms with Crippen molar-refractivity contribution in [2.75, 3.05) is 11.9 Å². The number of aromatic amines is 1. The van der Waals surface area contributed by atoms with E-state index in [-0.39, 0.29) is 17.5 Å². The predicted octanol–water partition coefficient (Wildman–Crippen LogP) is 3.23. The molecule has 1 atom stereocenters. The van der Waals surface area contributed by atoms with Crippen LogP contribution in [0.15, 0.2) is 38.7 Å². The molecule has 0 bridgehead atoms. The number of aromatic nitrogens is 3. The first-order chi connectivity index (χ1) is 11.6. The fourth-order valence-electron chi connectivity index (χ4n) is 2.03. The second kappa shape index (κ2) is 7.64. The number of rotatable bonds is 6. The van der Waals surface area contributed by atoms with Crippen LogP contribution in [0.1, 0.15) is 12.5 Å². The Balaban J connectivity index is 1.90. The molecule has 0 spiro atoms. The molecule has 0 aliphatic carbocycles. The number of aliphatic hydroxyl groups excluding tert-OH is 1. The number of thioether (sulfide) groups is 1. The smallest absolute Gasteiger partial charge is 0.306 e. The number of nitrogens with zero attached hydrogens (tertiary/aromatic N) is 2. The summed E-state index contributed by atoms with van der Waals surface area (Å²) in [6, 6.07) is 7.81. The average Bonchev–Trinajstić information content (AvgIpc) is 2.94. The molecule has 6 nitrogen and oxygen atoms in total. The number of H-pyrrole nitrogens is 1. The van der Waals surface area contributed by atoms with Crippen LogP contribution in [0.2, 0.25) is 0 Å². The van der Waals surface area contributed by atoms with Crippen molar-refractivity contribution in [3.8, 4) is 0 Å². The van der Waals surface area contributed by atoms with Crippen LogP contribution in [0.25, 0.3) is 10.3 Å². The van der Waals surface area contributed by atoms with Crippen LogP contribution in [0.3, 0.4) is 0 Å². The van der Waals surface area contributed by atoms with Gasteiger partial charge in [-0.2, -0.15) is 0 Å². The molecule has 24 heavy (non-hydrogen) atoms. The van der Waals surface area contributed by atoms with Gasteiger partial charge in [-0.15, -0.1) is 0 Å². The van der Waals surface area contributed by atoms with Gasteiger partial charge in [0.15, 0.2) is 16.6 Å². The highest BCUT2D eigenvalue weighted by molar-refractivity contribution is 9.10. The molecule has 1 aromatic carbocycles. The van der Waals surface area contributed by atoms with E-state index in [2.05, 4.69) is 36.2 Å². The number of halogens is 1. The maximum absolute atomic E-state index is 11.6. The summed E-state index contributed by atoms with van der Waals surface area (Å²) in [7, 11) is 0. The quantitative estimate of drug-likeness (QED) is 0.413. The number of hydrogen-bond donors (Lipinski definition) is 3. The van der Waals surface area contributed by atoms with Gasteiger partial charge in [0, 0.05) is 16.3 Å². The lowest BCUT2D eigenvalue weighted by atomic mass is 10.2. The molecular weight excluding hydrogens is 412 g/mol. The van der Waals surface area contributed by atoms with Crippen molar-refractivity contribution in [1.29, 1.82) is 0 Å². The summed E-state index contributed by atoms with van der Waals surface area (Å²) in [6.45, 7) is 1.82. The number of thiazole rings is 1. The van der Waals surface area contributed by atoms with Crippen molar-refractivity contribution in [2.24, 2.45) is 0 Å². The maximum atomic E-state index is 11.6. The third kappa shape index (κ3) is 3.97. The van der Waals surface area contributed by atoms with Gasteiger partial charge in [-0.05, 0) is 18.6 Å². The average molecular weight is 427 g/mol. The first-order valence-electron chi connectivity index (χ1n) is 7.21. The van der Waals surface area contributed by atoms with Gasteiger partial charge in [-0.1, -0.05) is 57.2 Å². The summed E-state index contributed by atoms with van der Waals surface area (Å²) < 4.78 is 1.71. The van der Waals surface area contributed by atoms with Crippen molar-refractivity contribution < 1.29 is 5.11 Å². The van der Waals surface area contributed by atoms with E-state index >= 15 is 0 Å². The van der Waals surface area contributed by atoms with E-state index < -0.39 is 0 Å². The Hall–Kier alpha value is -1.42. The van der Waals surface area contributed by atoms with E-state index in [1.807, 2.05) is 31.2 Å². The lowest BCUT2D eigenvalue weighted by Crippen LogP contribution is -2.20. The monoisotopic (exact) mass is 426 g/mol. The summed E-state index contributed by atoms with van der Waals surface area (Å²) in [5.41, 5.74) is 1.66. The molecule has 0 fully saturated rings. The number of fused-ring (bicyclic) bond motifs is 1. The molecule has 1 unspecified atom stereocenters. The van der Waals surface area contributed by atoms with Gasteiger partial charge < -0.3 is 10.4 Å². The highest BCUT2D eigenvalue weighted by atomic mass is 79.9. The summed E-state index contributed by atoms with van der Waals surface area (Å²) in [5.74, 6) is 1.27. The Kier molecular flexibility index (Phi) is 5.54. The number of hydrogen-bond acceptors (Lipinski definition) is 7. The zero-order chi connectivity index (χ0) is 17.1. The van der Waals surface area contributed by atoms with Crippen molar-refractivity contribution in [3.05, 3.63) is 44.0 Å². The third-order valence-corrected chi connectivity index (χ3v) is 5.78. The van der Waals surface area contributed by atoms with Crippen molar-refractivity contribution in [1.82, 2.24) is 15.0 Å². The molecule has 2 heterocycles. The fourth-order valence-corrected chi connectivity index (χ4v) is 4.21. The van der Waals surface area contributed by atoms with Gasteiger partial charge in [0.1, 0.15) is 4.70 Å². The molecule has 0 saturated heterocycles. The number of benzene rings is 1. The lowest BCUT2D eigenvalue weighted by Gasteiger charge is -2.12. The van der Waals surface area contributed by atoms with E-state index in [1.54, 1.807) is 0 Å². The minimum atomic E-state index is -0.174. The predicted molar refractivity (Wildman–Crippen MR) is 102 cm³/mol. The molecule has 3 rings (SSSR count). The van der Waals surface area contributed by atoms with Crippen LogP contribution in [0.4, 0.5) is 5.82 Å². The highest BCUT2D eigenvalue weighted by Gasteiger charge is 2.14. The minimum Gasteiger partial charge on any atom is -0.394 e. The Labute approximate surface area is 154 Å². The van der Waals surface area contributed by atoms with E-state index in [9.17, 15) is 9.90 Å². The molecule has 9 heteroatoms. The van der Waals surface area contributed by atoms with Gasteiger partial charge >= 0.3 is 4.87 Å². The molecule has 3 aromatic rings. The van der Waals surface area contributed by atoms with Crippen LogP contribution < -0.4 is 10.2 Å². The van der Waals surface area contributed by atoms with E-state index in [0.29, 0.717) is 27.1 Å². The van der Waals surface area contributed by atoms with Gasteiger partial charge in [-0.3, -0.25) is 9.78 Å². The molecule has 0 radical (unpaired) electrons. The van der Waals surface area contributed by atoms with E-state index in [4.69, 9.17) is 0 Å². The summed E-state index contributed by atoms with van der Waals surface area (Å²) in [4.78, 5) is 23.1. The van der Waals surface area contributed by atoms with Crippen molar-refractivity contribution >= 4 is 55.2 Å². The van der Waals surface area contributed by atoms with Gasteiger partial charge in [0.05, 0.1) is 6.61 Å². The highest BCUT2D eigenvalue weighted by Crippen LogP contribution is 2.29. The summed E-state index contributed by atoms with van der Waals surface area (Å²) in [5, 5.41) is 12.9. The molecule has 0 aliphatic rings. The first kappa shape index (κ1) is 17.4. The molecule has 3 N–H and O–H groups in total. The molecule has 2 aromatic heterocycles. The van der Waals surface area contributed by atoms with Crippen LogP contribution in [-0.4, -0.2) is 32.7 Å². The minimum absolute atomic E-state index is 0.0236. The Bertz CT molecular complexity index is 912. The van der Waals surface area contributed by atoms with E-state index in [0.717, 1.165) is 21.4 Å². The summed E-state index contributed by atoms with van der Waals surface area (Å²) in [6.07, 6.45) is 0. The van der Waals surface area contributed by atoms with Crippen LogP contribution in [0, 0.1) is 0 Å². The Morgan fingerprint density at radius 1 is 1.42 bits per heavy atom. The molecule has 126 valence electrons. The van der Waals surface area contributed by atoms with E-state index in [1.165, 1.54) is 11.8 Å². The summed E-state index contributed by atoms with van der Waals surface area (Å²) >= 11 is 6.08. The number of nitrogens with one attached hydrogen (secondary N) is 2. The zero-order valence-corrected chi connectivity index (χ0v) is 16.0. The normalized spacial score (nSPS) is 12.5. The molecule has 0 saturated carbocycles. The van der Waals surface area contributed by atoms with Crippen LogP contribution in [0.5, 0.6) is 0 Å². The fraction of sp³-hybridized carbons (Fsp3) is 0.267. The van der Waals surface area contributed by atoms with Crippen LogP contribution >= 0.6 is 39.0 Å². The SMILES string of the molecule is CC(CO)Nc1nc(SCc2ccccc2Br)nc2[nH]c(=O)sc12. The largest absolute Gasteiger partial charge is 0.394 e. The lowest BCUT2D eigenvalue weighted by molar-refractivity contribution is 0.281. The standard InChI is InChI=1S/C15H15BrN4O2S2/c1-8(6-21)17-12-11-13(20-15(22)24-11)19-14(18-12)23-7-9-4-2-3-5-10(9)16/h2-5,8,21H,6-7H2,1H3,(H2,17,18,19,20,22). The topological polar surface area (TPSA) is 90.9 Å². The Morgan fingerprint density at radius 2 is 2.21 bits per heavy atom.